The summed E-state index contributed by atoms with van der Waals surface area (Å²) in [7, 11) is -4.15. The van der Waals surface area contributed by atoms with Gasteiger partial charge < -0.3 is 15.3 Å². The lowest BCUT2D eigenvalue weighted by molar-refractivity contribution is -0.114. The number of carbonyl (C=O) groups is 2. The van der Waals surface area contributed by atoms with Crippen molar-refractivity contribution in [2.24, 2.45) is 0 Å². The summed E-state index contributed by atoms with van der Waals surface area (Å²) in [6.45, 7) is 4.70. The highest BCUT2D eigenvalue weighted by Crippen LogP contribution is 2.30. The van der Waals surface area contributed by atoms with Crippen LogP contribution in [0.5, 0.6) is 0 Å². The Bertz CT molecular complexity index is 1090. The van der Waals surface area contributed by atoms with E-state index in [1.807, 2.05) is 0 Å². The average Bonchev–Trinajstić information content (AvgIpc) is 2.98. The average molecular weight is 446 g/mol. The Labute approximate surface area is 182 Å². The van der Waals surface area contributed by atoms with Gasteiger partial charge in [0.2, 0.25) is 5.91 Å². The molecule has 0 unspecified atom stereocenters. The minimum atomic E-state index is -4.15. The van der Waals surface area contributed by atoms with Gasteiger partial charge in [-0.2, -0.15) is 0 Å². The lowest BCUT2D eigenvalue weighted by Gasteiger charge is -2.24. The molecule has 0 saturated carbocycles. The van der Waals surface area contributed by atoms with E-state index >= 15 is 0 Å². The highest BCUT2D eigenvalue weighted by Gasteiger charge is 2.23. The normalized spacial score (nSPS) is 14.6. The number of carbonyl (C=O) groups excluding carboxylic acids is 1. The molecule has 1 aliphatic rings. The number of carboxylic acid groups (broad SMARTS) is 1. The van der Waals surface area contributed by atoms with Crippen LogP contribution >= 0.6 is 0 Å². The van der Waals surface area contributed by atoms with Gasteiger partial charge in [0.25, 0.3) is 10.0 Å². The number of nitrogens with zero attached hydrogens (tertiary/aromatic N) is 1. The standard InChI is InChI=1S/C22H27N3O5S/c1-15-7-9-20(23-16(2)26)21(13-15)31(29,30)24-19-10-8-17(14-18(19)22(27)28)25-11-5-3-4-6-12-25/h7-10,13-14,24H,3-6,11-12H2,1-2H3,(H,23,26)(H,27,28). The van der Waals surface area contributed by atoms with E-state index in [1.165, 1.54) is 31.2 Å². The molecule has 2 aromatic rings. The van der Waals surface area contributed by atoms with E-state index in [-0.39, 0.29) is 21.8 Å². The van der Waals surface area contributed by atoms with Crippen LogP contribution in [0.4, 0.5) is 17.1 Å². The molecule has 9 heteroatoms. The van der Waals surface area contributed by atoms with Crippen molar-refractivity contribution in [3.8, 4) is 0 Å². The number of hydrogen-bond acceptors (Lipinski definition) is 5. The highest BCUT2D eigenvalue weighted by molar-refractivity contribution is 7.93. The first-order valence-corrected chi connectivity index (χ1v) is 11.7. The van der Waals surface area contributed by atoms with Crippen molar-refractivity contribution < 1.29 is 23.1 Å². The lowest BCUT2D eigenvalue weighted by Crippen LogP contribution is -2.24. The Kier molecular flexibility index (Phi) is 6.84. The molecule has 1 amide bonds. The molecular weight excluding hydrogens is 418 g/mol. The Balaban J connectivity index is 1.97. The molecular formula is C22H27N3O5S. The molecule has 8 nitrogen and oxygen atoms in total. The Hall–Kier alpha value is -3.07. The fourth-order valence-corrected chi connectivity index (χ4v) is 5.00. The number of benzene rings is 2. The molecule has 0 aromatic heterocycles. The molecule has 1 aliphatic heterocycles. The molecule has 3 rings (SSSR count). The lowest BCUT2D eigenvalue weighted by atomic mass is 10.1. The Morgan fingerprint density at radius 3 is 2.23 bits per heavy atom. The number of sulfonamides is 1. The number of nitrogens with one attached hydrogen (secondary N) is 2. The molecule has 0 atom stereocenters. The second kappa shape index (κ2) is 9.38. The maximum Gasteiger partial charge on any atom is 0.337 e. The summed E-state index contributed by atoms with van der Waals surface area (Å²) in [4.78, 5) is 25.4. The summed E-state index contributed by atoms with van der Waals surface area (Å²) >= 11 is 0. The zero-order valence-corrected chi connectivity index (χ0v) is 18.5. The quantitative estimate of drug-likeness (QED) is 0.622. The van der Waals surface area contributed by atoms with E-state index in [0.29, 0.717) is 5.56 Å². The van der Waals surface area contributed by atoms with E-state index in [2.05, 4.69) is 14.9 Å². The minimum Gasteiger partial charge on any atom is -0.478 e. The van der Waals surface area contributed by atoms with Crippen LogP contribution in [0.1, 0.15) is 48.5 Å². The second-order valence-corrected chi connectivity index (χ2v) is 9.37. The van der Waals surface area contributed by atoms with Gasteiger partial charge in [0, 0.05) is 25.7 Å². The number of aromatic carboxylic acids is 1. The molecule has 31 heavy (non-hydrogen) atoms. The topological polar surface area (TPSA) is 116 Å². The number of aryl methyl sites for hydroxylation is 1. The first-order valence-electron chi connectivity index (χ1n) is 10.2. The number of anilines is 3. The van der Waals surface area contributed by atoms with Crippen LogP contribution in [0.15, 0.2) is 41.3 Å². The summed E-state index contributed by atoms with van der Waals surface area (Å²) in [6.07, 6.45) is 4.37. The smallest absolute Gasteiger partial charge is 0.337 e. The van der Waals surface area contributed by atoms with E-state index in [4.69, 9.17) is 0 Å². The van der Waals surface area contributed by atoms with Gasteiger partial charge in [-0.15, -0.1) is 0 Å². The predicted octanol–water partition coefficient (Wildman–Crippen LogP) is 3.83. The highest BCUT2D eigenvalue weighted by atomic mass is 32.2. The van der Waals surface area contributed by atoms with Gasteiger partial charge in [0.05, 0.1) is 16.9 Å². The van der Waals surface area contributed by atoms with Crippen LogP contribution < -0.4 is 14.9 Å². The van der Waals surface area contributed by atoms with Gasteiger partial charge in [-0.1, -0.05) is 18.9 Å². The Morgan fingerprint density at radius 2 is 1.61 bits per heavy atom. The van der Waals surface area contributed by atoms with Gasteiger partial charge in [-0.25, -0.2) is 13.2 Å². The molecule has 0 aliphatic carbocycles. The van der Waals surface area contributed by atoms with Crippen LogP contribution in [-0.4, -0.2) is 38.5 Å². The van der Waals surface area contributed by atoms with E-state index < -0.39 is 21.9 Å². The van der Waals surface area contributed by atoms with Crippen LogP contribution in [0.2, 0.25) is 0 Å². The molecule has 1 fully saturated rings. The molecule has 3 N–H and O–H groups in total. The molecule has 2 aromatic carbocycles. The molecule has 166 valence electrons. The SMILES string of the molecule is CC(=O)Nc1ccc(C)cc1S(=O)(=O)Nc1ccc(N2CCCCCC2)cc1C(=O)O. The van der Waals surface area contributed by atoms with Gasteiger partial charge >= 0.3 is 5.97 Å². The Morgan fingerprint density at radius 1 is 0.968 bits per heavy atom. The number of rotatable bonds is 6. The van der Waals surface area contributed by atoms with Crippen LogP contribution in [0.3, 0.4) is 0 Å². The van der Waals surface area contributed by atoms with Crippen molar-refractivity contribution in [3.05, 3.63) is 47.5 Å². The van der Waals surface area contributed by atoms with Crippen molar-refractivity contribution in [3.63, 3.8) is 0 Å². The largest absolute Gasteiger partial charge is 0.478 e. The fourth-order valence-electron chi connectivity index (χ4n) is 3.67. The zero-order chi connectivity index (χ0) is 22.6. The van der Waals surface area contributed by atoms with Crippen molar-refractivity contribution in [1.29, 1.82) is 0 Å². The first-order chi connectivity index (χ1) is 14.7. The van der Waals surface area contributed by atoms with Gasteiger partial charge in [0.1, 0.15) is 4.90 Å². The van der Waals surface area contributed by atoms with E-state index in [0.717, 1.165) is 44.5 Å². The number of amides is 1. The molecule has 1 heterocycles. The second-order valence-electron chi connectivity index (χ2n) is 7.72. The molecule has 0 bridgehead atoms. The third-order valence-corrected chi connectivity index (χ3v) is 6.59. The van der Waals surface area contributed by atoms with Crippen molar-refractivity contribution in [1.82, 2.24) is 0 Å². The van der Waals surface area contributed by atoms with Gasteiger partial charge in [-0.05, 0) is 55.7 Å². The summed E-state index contributed by atoms with van der Waals surface area (Å²) < 4.78 is 28.6. The van der Waals surface area contributed by atoms with Gasteiger partial charge in [-0.3, -0.25) is 9.52 Å². The predicted molar refractivity (Wildman–Crippen MR) is 120 cm³/mol. The number of carboxylic acids is 1. The maximum atomic E-state index is 13.1. The van der Waals surface area contributed by atoms with Crippen molar-refractivity contribution in [2.75, 3.05) is 28.0 Å². The monoisotopic (exact) mass is 445 g/mol. The summed E-state index contributed by atoms with van der Waals surface area (Å²) in [5.41, 5.74) is 1.42. The van der Waals surface area contributed by atoms with E-state index in [9.17, 15) is 23.1 Å². The zero-order valence-electron chi connectivity index (χ0n) is 17.6. The maximum absolute atomic E-state index is 13.1. The van der Waals surface area contributed by atoms with Crippen LogP contribution in [-0.2, 0) is 14.8 Å². The molecule has 1 saturated heterocycles. The van der Waals surface area contributed by atoms with Crippen molar-refractivity contribution >= 4 is 39.0 Å². The molecule has 0 radical (unpaired) electrons. The fraction of sp³-hybridized carbons (Fsp3) is 0.364. The number of hydrogen-bond donors (Lipinski definition) is 3. The third-order valence-electron chi connectivity index (χ3n) is 5.19. The van der Waals surface area contributed by atoms with Crippen LogP contribution in [0.25, 0.3) is 0 Å². The van der Waals surface area contributed by atoms with Crippen LogP contribution in [0, 0.1) is 6.92 Å². The first kappa shape index (κ1) is 22.6. The third kappa shape index (κ3) is 5.55. The minimum absolute atomic E-state index is 0.0265. The van der Waals surface area contributed by atoms with E-state index in [1.54, 1.807) is 19.1 Å². The summed E-state index contributed by atoms with van der Waals surface area (Å²) in [5, 5.41) is 12.2. The summed E-state index contributed by atoms with van der Waals surface area (Å²) in [5.74, 6) is -1.63. The van der Waals surface area contributed by atoms with Crippen molar-refractivity contribution in [2.45, 2.75) is 44.4 Å². The van der Waals surface area contributed by atoms with Gasteiger partial charge in [0.15, 0.2) is 0 Å². The summed E-state index contributed by atoms with van der Waals surface area (Å²) in [6, 6.07) is 9.35. The molecule has 0 spiro atoms.